The first-order valence-corrected chi connectivity index (χ1v) is 10.8. The number of thiophene rings is 1. The number of benzene rings is 1. The lowest BCUT2D eigenvalue weighted by Gasteiger charge is -2.27. The molecule has 0 aliphatic carbocycles. The molecule has 29 heavy (non-hydrogen) atoms. The Morgan fingerprint density at radius 2 is 2.07 bits per heavy atom. The Morgan fingerprint density at radius 3 is 2.69 bits per heavy atom. The van der Waals surface area contributed by atoms with Gasteiger partial charge in [-0.3, -0.25) is 9.59 Å². The summed E-state index contributed by atoms with van der Waals surface area (Å²) in [5.74, 6) is -1.52. The van der Waals surface area contributed by atoms with E-state index in [-0.39, 0.29) is 17.5 Å². The van der Waals surface area contributed by atoms with Crippen LogP contribution in [0.25, 0.3) is 0 Å². The number of amides is 1. The van der Waals surface area contributed by atoms with E-state index in [0.29, 0.717) is 40.1 Å². The minimum Gasteiger partial charge on any atom is -0.503 e. The number of aliphatic hydroxyl groups is 1. The molecule has 2 aromatic rings. The van der Waals surface area contributed by atoms with Crippen LogP contribution in [0.4, 0.5) is 0 Å². The van der Waals surface area contributed by atoms with E-state index >= 15 is 0 Å². The van der Waals surface area contributed by atoms with Crippen LogP contribution in [0.3, 0.4) is 0 Å². The lowest BCUT2D eigenvalue weighted by atomic mass is 9.95. The molecule has 1 atom stereocenters. The molecule has 2 heterocycles. The number of ketones is 1. The molecule has 3 rings (SSSR count). The predicted octanol–water partition coefficient (Wildman–Crippen LogP) is 5.45. The fourth-order valence-electron chi connectivity index (χ4n) is 3.26. The summed E-state index contributed by atoms with van der Waals surface area (Å²) in [5.41, 5.74) is 0.574. The maximum Gasteiger partial charge on any atom is 0.290 e. The minimum atomic E-state index is -0.791. The second-order valence-corrected chi connectivity index (χ2v) is 8.70. The predicted molar refractivity (Wildman–Crippen MR) is 115 cm³/mol. The van der Waals surface area contributed by atoms with Crippen molar-refractivity contribution >= 4 is 46.2 Å². The number of rotatable bonds is 8. The fourth-order valence-corrected chi connectivity index (χ4v) is 4.45. The number of aliphatic hydroxyl groups excluding tert-OH is 1. The van der Waals surface area contributed by atoms with E-state index in [9.17, 15) is 14.7 Å². The monoisotopic (exact) mass is 453 g/mol. The molecule has 0 bridgehead atoms. The van der Waals surface area contributed by atoms with Crippen molar-refractivity contribution in [3.8, 4) is 0 Å². The van der Waals surface area contributed by atoms with Crippen LogP contribution in [-0.4, -0.2) is 41.0 Å². The van der Waals surface area contributed by atoms with Gasteiger partial charge in [0.1, 0.15) is 0 Å². The first-order valence-electron chi connectivity index (χ1n) is 9.20. The van der Waals surface area contributed by atoms with Crippen molar-refractivity contribution in [3.05, 3.63) is 67.5 Å². The summed E-state index contributed by atoms with van der Waals surface area (Å²) in [6.07, 6.45) is 0.632. The van der Waals surface area contributed by atoms with E-state index < -0.39 is 17.7 Å². The van der Waals surface area contributed by atoms with Gasteiger partial charge in [-0.1, -0.05) is 35.3 Å². The van der Waals surface area contributed by atoms with Crippen LogP contribution in [-0.2, 0) is 9.53 Å². The summed E-state index contributed by atoms with van der Waals surface area (Å²) in [5, 5.41) is 13.1. The normalized spacial score (nSPS) is 16.9. The third-order valence-corrected chi connectivity index (χ3v) is 5.98. The van der Waals surface area contributed by atoms with E-state index in [1.807, 2.05) is 13.8 Å². The number of halogens is 2. The SMILES string of the molecule is CC(C)OCCCN1C(=O)C(O)=C(C(=O)c2cccs2)[C@@H]1c1ccc(Cl)cc1Cl. The summed E-state index contributed by atoms with van der Waals surface area (Å²) in [7, 11) is 0. The Kier molecular flexibility index (Phi) is 7.01. The van der Waals surface area contributed by atoms with Gasteiger partial charge in [0.05, 0.1) is 22.6 Å². The Labute approximate surface area is 183 Å². The molecule has 1 aliphatic rings. The zero-order valence-electron chi connectivity index (χ0n) is 16.0. The average Bonchev–Trinajstić information content (AvgIpc) is 3.27. The minimum absolute atomic E-state index is 0.0338. The van der Waals surface area contributed by atoms with Gasteiger partial charge in [-0.25, -0.2) is 0 Å². The average molecular weight is 454 g/mol. The Morgan fingerprint density at radius 1 is 1.31 bits per heavy atom. The van der Waals surface area contributed by atoms with Gasteiger partial charge in [0.15, 0.2) is 5.76 Å². The van der Waals surface area contributed by atoms with Crippen LogP contribution in [0, 0.1) is 0 Å². The molecular weight excluding hydrogens is 433 g/mol. The van der Waals surface area contributed by atoms with Gasteiger partial charge in [0, 0.05) is 23.2 Å². The summed E-state index contributed by atoms with van der Waals surface area (Å²) < 4.78 is 5.55. The Hall–Kier alpha value is -1.86. The number of carbonyl (C=O) groups is 2. The van der Waals surface area contributed by atoms with Gasteiger partial charge in [-0.05, 0) is 49.4 Å². The highest BCUT2D eigenvalue weighted by molar-refractivity contribution is 7.12. The van der Waals surface area contributed by atoms with Crippen LogP contribution in [0.15, 0.2) is 47.0 Å². The van der Waals surface area contributed by atoms with Crippen LogP contribution in [0.1, 0.15) is 41.5 Å². The fraction of sp³-hybridized carbons (Fsp3) is 0.333. The second kappa shape index (κ2) is 9.30. The molecule has 0 radical (unpaired) electrons. The smallest absolute Gasteiger partial charge is 0.290 e. The Bertz CT molecular complexity index is 940. The molecule has 8 heteroatoms. The molecule has 0 spiro atoms. The van der Waals surface area contributed by atoms with E-state index in [1.54, 1.807) is 35.7 Å². The molecule has 0 unspecified atom stereocenters. The summed E-state index contributed by atoms with van der Waals surface area (Å²) in [4.78, 5) is 27.9. The third kappa shape index (κ3) is 4.67. The van der Waals surface area contributed by atoms with Gasteiger partial charge in [-0.15, -0.1) is 11.3 Å². The topological polar surface area (TPSA) is 66.8 Å². The van der Waals surface area contributed by atoms with E-state index in [0.717, 1.165) is 0 Å². The van der Waals surface area contributed by atoms with Crippen molar-refractivity contribution < 1.29 is 19.4 Å². The summed E-state index contributed by atoms with van der Waals surface area (Å²) in [6.45, 7) is 4.63. The molecule has 1 N–H and O–H groups in total. The highest BCUT2D eigenvalue weighted by atomic mass is 35.5. The number of hydrogen-bond acceptors (Lipinski definition) is 5. The first-order chi connectivity index (χ1) is 13.8. The van der Waals surface area contributed by atoms with Gasteiger partial charge in [-0.2, -0.15) is 0 Å². The summed E-state index contributed by atoms with van der Waals surface area (Å²) in [6, 6.07) is 7.51. The first kappa shape index (κ1) is 21.8. The van der Waals surface area contributed by atoms with E-state index in [2.05, 4.69) is 0 Å². The molecule has 0 fully saturated rings. The number of carbonyl (C=O) groups excluding carboxylic acids is 2. The van der Waals surface area contributed by atoms with Crippen LogP contribution in [0.5, 0.6) is 0 Å². The van der Waals surface area contributed by atoms with Crippen molar-refractivity contribution in [2.45, 2.75) is 32.4 Å². The maximum atomic E-state index is 13.1. The van der Waals surface area contributed by atoms with Crippen LogP contribution >= 0.6 is 34.5 Å². The molecule has 1 aromatic heterocycles. The third-order valence-electron chi connectivity index (χ3n) is 4.54. The molecule has 0 saturated carbocycles. The van der Waals surface area contributed by atoms with Crippen molar-refractivity contribution in [1.29, 1.82) is 0 Å². The number of Topliss-reactive ketones (excluding diaryl/α,β-unsaturated/α-hetero) is 1. The van der Waals surface area contributed by atoms with E-state index in [4.69, 9.17) is 27.9 Å². The molecule has 154 valence electrons. The second-order valence-electron chi connectivity index (χ2n) is 6.91. The number of nitrogens with zero attached hydrogens (tertiary/aromatic N) is 1. The lowest BCUT2D eigenvalue weighted by molar-refractivity contribution is -0.129. The standard InChI is InChI=1S/C21H21Cl2NO4S/c1-12(2)28-9-4-8-24-18(14-7-6-13(22)11-15(14)23)17(20(26)21(24)27)19(25)16-5-3-10-29-16/h3,5-7,10-12,18,26H,4,8-9H2,1-2H3/t18-/m0/s1. The molecule has 1 aromatic carbocycles. The largest absolute Gasteiger partial charge is 0.503 e. The van der Waals surface area contributed by atoms with Crippen LogP contribution in [0.2, 0.25) is 10.0 Å². The Balaban J connectivity index is 1.98. The van der Waals surface area contributed by atoms with Crippen LogP contribution < -0.4 is 0 Å². The highest BCUT2D eigenvalue weighted by Crippen LogP contribution is 2.42. The van der Waals surface area contributed by atoms with Crippen molar-refractivity contribution in [2.75, 3.05) is 13.2 Å². The zero-order chi connectivity index (χ0) is 21.1. The van der Waals surface area contributed by atoms with Crippen molar-refractivity contribution in [1.82, 2.24) is 4.90 Å². The molecular formula is C21H21Cl2NO4S. The molecule has 1 aliphatic heterocycles. The molecule has 1 amide bonds. The molecule has 5 nitrogen and oxygen atoms in total. The van der Waals surface area contributed by atoms with Crippen molar-refractivity contribution in [2.24, 2.45) is 0 Å². The number of ether oxygens (including phenoxy) is 1. The lowest BCUT2D eigenvalue weighted by Crippen LogP contribution is -2.33. The van der Waals surface area contributed by atoms with Gasteiger partial charge >= 0.3 is 0 Å². The zero-order valence-corrected chi connectivity index (χ0v) is 18.4. The van der Waals surface area contributed by atoms with Gasteiger partial charge < -0.3 is 14.7 Å². The molecule has 0 saturated heterocycles. The van der Waals surface area contributed by atoms with Crippen molar-refractivity contribution in [3.63, 3.8) is 0 Å². The van der Waals surface area contributed by atoms with Gasteiger partial charge in [0.2, 0.25) is 5.78 Å². The quantitative estimate of drug-likeness (QED) is 0.426. The van der Waals surface area contributed by atoms with Gasteiger partial charge in [0.25, 0.3) is 5.91 Å². The highest BCUT2D eigenvalue weighted by Gasteiger charge is 2.44. The maximum absolute atomic E-state index is 13.1. The summed E-state index contributed by atoms with van der Waals surface area (Å²) >= 11 is 13.7. The van der Waals surface area contributed by atoms with E-state index in [1.165, 1.54) is 16.2 Å². The number of hydrogen-bond donors (Lipinski definition) is 1.